The topological polar surface area (TPSA) is 38.3 Å². The molecule has 0 aliphatic heterocycles. The minimum atomic E-state index is 0.0400. The summed E-state index contributed by atoms with van der Waals surface area (Å²) in [5.41, 5.74) is 1.20. The summed E-state index contributed by atoms with van der Waals surface area (Å²) in [6.07, 6.45) is 0.445. The quantitative estimate of drug-likeness (QED) is 0.794. The summed E-state index contributed by atoms with van der Waals surface area (Å²) in [5.74, 6) is 1.37. The van der Waals surface area contributed by atoms with Crippen molar-refractivity contribution in [3.8, 4) is 5.75 Å². The summed E-state index contributed by atoms with van der Waals surface area (Å²) in [5, 5.41) is 4.86. The highest BCUT2D eigenvalue weighted by Crippen LogP contribution is 2.25. The standard InChI is InChI=1S/C17H21NO2S/c1-13(2)15-7-3-4-8-16(15)20-10-9-18-17(19)12-14-6-5-11-21-14/h3-8,11,13H,9-10,12H2,1-2H3,(H,18,19). The molecule has 1 N–H and O–H groups in total. The van der Waals surface area contributed by atoms with Crippen LogP contribution >= 0.6 is 11.3 Å². The first-order chi connectivity index (χ1) is 10.2. The summed E-state index contributed by atoms with van der Waals surface area (Å²) in [7, 11) is 0. The van der Waals surface area contributed by atoms with Crippen LogP contribution in [0.3, 0.4) is 0 Å². The van der Waals surface area contributed by atoms with Crippen molar-refractivity contribution in [2.45, 2.75) is 26.2 Å². The van der Waals surface area contributed by atoms with E-state index in [1.54, 1.807) is 11.3 Å². The molecule has 1 amide bonds. The number of carbonyl (C=O) groups is 1. The van der Waals surface area contributed by atoms with Gasteiger partial charge in [0.15, 0.2) is 0 Å². The van der Waals surface area contributed by atoms with Gasteiger partial charge in [0.05, 0.1) is 13.0 Å². The Hall–Kier alpha value is -1.81. The van der Waals surface area contributed by atoms with Gasteiger partial charge in [-0.15, -0.1) is 11.3 Å². The molecule has 1 heterocycles. The number of hydrogen-bond donors (Lipinski definition) is 1. The predicted octanol–water partition coefficient (Wildman–Crippen LogP) is 3.61. The van der Waals surface area contributed by atoms with Crippen LogP contribution in [0, 0.1) is 0 Å². The molecule has 0 fully saturated rings. The van der Waals surface area contributed by atoms with E-state index in [0.717, 1.165) is 10.6 Å². The number of hydrogen-bond acceptors (Lipinski definition) is 3. The Balaban J connectivity index is 1.73. The second kappa shape index (κ2) is 7.84. The van der Waals surface area contributed by atoms with Crippen molar-refractivity contribution in [3.05, 3.63) is 52.2 Å². The zero-order valence-electron chi connectivity index (χ0n) is 12.5. The first-order valence-corrected chi connectivity index (χ1v) is 8.05. The minimum Gasteiger partial charge on any atom is -0.491 e. The Labute approximate surface area is 130 Å². The Bertz CT molecular complexity index is 564. The van der Waals surface area contributed by atoms with Gasteiger partial charge in [-0.25, -0.2) is 0 Å². The van der Waals surface area contributed by atoms with Gasteiger partial charge in [0, 0.05) is 4.88 Å². The Kier molecular flexibility index (Phi) is 5.81. The van der Waals surface area contributed by atoms with Crippen LogP contribution in [0.4, 0.5) is 0 Å². The lowest BCUT2D eigenvalue weighted by atomic mass is 10.0. The van der Waals surface area contributed by atoms with Crippen molar-refractivity contribution >= 4 is 17.2 Å². The van der Waals surface area contributed by atoms with Gasteiger partial charge >= 0.3 is 0 Å². The second-order valence-electron chi connectivity index (χ2n) is 5.15. The molecule has 0 aliphatic carbocycles. The second-order valence-corrected chi connectivity index (χ2v) is 6.18. The number of amides is 1. The summed E-state index contributed by atoms with van der Waals surface area (Å²) < 4.78 is 5.77. The Morgan fingerprint density at radius 1 is 1.24 bits per heavy atom. The van der Waals surface area contributed by atoms with Crippen LogP contribution in [0.15, 0.2) is 41.8 Å². The zero-order valence-corrected chi connectivity index (χ0v) is 13.3. The van der Waals surface area contributed by atoms with Crippen molar-refractivity contribution < 1.29 is 9.53 Å². The van der Waals surface area contributed by atoms with E-state index in [9.17, 15) is 4.79 Å². The molecule has 1 aromatic carbocycles. The van der Waals surface area contributed by atoms with Gasteiger partial charge in [0.25, 0.3) is 0 Å². The van der Waals surface area contributed by atoms with E-state index >= 15 is 0 Å². The fraction of sp³-hybridized carbons (Fsp3) is 0.353. The lowest BCUT2D eigenvalue weighted by Crippen LogP contribution is -2.29. The molecule has 0 aliphatic rings. The highest BCUT2D eigenvalue weighted by atomic mass is 32.1. The van der Waals surface area contributed by atoms with Crippen LogP contribution < -0.4 is 10.1 Å². The van der Waals surface area contributed by atoms with Gasteiger partial charge in [-0.3, -0.25) is 4.79 Å². The number of carbonyl (C=O) groups excluding carboxylic acids is 1. The third-order valence-electron chi connectivity index (χ3n) is 3.14. The van der Waals surface area contributed by atoms with Crippen LogP contribution in [0.25, 0.3) is 0 Å². The van der Waals surface area contributed by atoms with Crippen LogP contribution in [-0.2, 0) is 11.2 Å². The lowest BCUT2D eigenvalue weighted by Gasteiger charge is -2.14. The summed E-state index contributed by atoms with van der Waals surface area (Å²) in [4.78, 5) is 12.8. The molecule has 21 heavy (non-hydrogen) atoms. The average molecular weight is 303 g/mol. The van der Waals surface area contributed by atoms with E-state index in [0.29, 0.717) is 25.5 Å². The molecular formula is C17H21NO2S. The molecular weight excluding hydrogens is 282 g/mol. The summed E-state index contributed by atoms with van der Waals surface area (Å²) in [6, 6.07) is 12.0. The smallest absolute Gasteiger partial charge is 0.225 e. The molecule has 0 spiro atoms. The van der Waals surface area contributed by atoms with Crippen molar-refractivity contribution in [1.82, 2.24) is 5.32 Å². The van der Waals surface area contributed by atoms with Gasteiger partial charge in [-0.2, -0.15) is 0 Å². The van der Waals surface area contributed by atoms with E-state index in [4.69, 9.17) is 4.74 Å². The summed E-state index contributed by atoms with van der Waals surface area (Å²) >= 11 is 1.60. The number of benzene rings is 1. The lowest BCUT2D eigenvalue weighted by molar-refractivity contribution is -0.120. The normalized spacial score (nSPS) is 10.6. The fourth-order valence-electron chi connectivity index (χ4n) is 2.07. The third kappa shape index (κ3) is 4.90. The van der Waals surface area contributed by atoms with Gasteiger partial charge in [0.2, 0.25) is 5.91 Å². The molecule has 0 atom stereocenters. The molecule has 1 aromatic heterocycles. The highest BCUT2D eigenvalue weighted by Gasteiger charge is 2.07. The maximum absolute atomic E-state index is 11.7. The predicted molar refractivity (Wildman–Crippen MR) is 87.1 cm³/mol. The van der Waals surface area contributed by atoms with E-state index in [2.05, 4.69) is 25.2 Å². The first-order valence-electron chi connectivity index (χ1n) is 7.17. The maximum atomic E-state index is 11.7. The molecule has 2 aromatic rings. The SMILES string of the molecule is CC(C)c1ccccc1OCCNC(=O)Cc1cccs1. The van der Waals surface area contributed by atoms with Gasteiger partial charge < -0.3 is 10.1 Å². The van der Waals surface area contributed by atoms with Crippen LogP contribution in [-0.4, -0.2) is 19.1 Å². The van der Waals surface area contributed by atoms with Gasteiger partial charge in [-0.1, -0.05) is 38.1 Å². The zero-order chi connectivity index (χ0) is 15.1. The number of thiophene rings is 1. The van der Waals surface area contributed by atoms with Gasteiger partial charge in [-0.05, 0) is 29.0 Å². The third-order valence-corrected chi connectivity index (χ3v) is 4.01. The van der Waals surface area contributed by atoms with Crippen molar-refractivity contribution in [3.63, 3.8) is 0 Å². The maximum Gasteiger partial charge on any atom is 0.225 e. The van der Waals surface area contributed by atoms with Crippen molar-refractivity contribution in [2.75, 3.05) is 13.2 Å². The van der Waals surface area contributed by atoms with Crippen molar-refractivity contribution in [2.24, 2.45) is 0 Å². The van der Waals surface area contributed by atoms with Gasteiger partial charge in [0.1, 0.15) is 12.4 Å². The van der Waals surface area contributed by atoms with E-state index in [-0.39, 0.29) is 5.91 Å². The molecule has 0 bridgehead atoms. The Morgan fingerprint density at radius 2 is 2.05 bits per heavy atom. The number of ether oxygens (including phenoxy) is 1. The number of para-hydroxylation sites is 1. The monoisotopic (exact) mass is 303 g/mol. The molecule has 2 rings (SSSR count). The molecule has 112 valence electrons. The molecule has 0 unspecified atom stereocenters. The largest absolute Gasteiger partial charge is 0.491 e. The Morgan fingerprint density at radius 3 is 2.76 bits per heavy atom. The minimum absolute atomic E-state index is 0.0400. The van der Waals surface area contributed by atoms with Crippen LogP contribution in [0.5, 0.6) is 5.75 Å². The van der Waals surface area contributed by atoms with Crippen LogP contribution in [0.1, 0.15) is 30.2 Å². The number of rotatable bonds is 7. The molecule has 0 saturated carbocycles. The molecule has 0 radical (unpaired) electrons. The van der Waals surface area contributed by atoms with Crippen LogP contribution in [0.2, 0.25) is 0 Å². The molecule has 0 saturated heterocycles. The first kappa shape index (κ1) is 15.6. The van der Waals surface area contributed by atoms with Crippen molar-refractivity contribution in [1.29, 1.82) is 0 Å². The molecule has 3 nitrogen and oxygen atoms in total. The summed E-state index contributed by atoms with van der Waals surface area (Å²) in [6.45, 7) is 5.30. The molecule has 4 heteroatoms. The number of nitrogens with one attached hydrogen (secondary N) is 1. The average Bonchev–Trinajstić information content (AvgIpc) is 2.96. The highest BCUT2D eigenvalue weighted by molar-refractivity contribution is 7.10. The van der Waals surface area contributed by atoms with E-state index < -0.39 is 0 Å². The van der Waals surface area contributed by atoms with E-state index in [1.165, 1.54) is 5.56 Å². The fourth-order valence-corrected chi connectivity index (χ4v) is 2.78. The van der Waals surface area contributed by atoms with E-state index in [1.807, 2.05) is 35.7 Å².